The van der Waals surface area contributed by atoms with Gasteiger partial charge in [-0.25, -0.2) is 0 Å². The molecule has 4 nitrogen and oxygen atoms in total. The molecule has 0 bridgehead atoms. The number of ether oxygens (including phenoxy) is 1. The third kappa shape index (κ3) is 2.64. The molecule has 0 saturated heterocycles. The molecule has 4 heterocycles. The first kappa shape index (κ1) is 12.7. The van der Waals surface area contributed by atoms with Crippen LogP contribution >= 0.6 is 0 Å². The Morgan fingerprint density at radius 2 is 1.95 bits per heavy atom. The minimum Gasteiger partial charge on any atom is -0.488 e. The summed E-state index contributed by atoms with van der Waals surface area (Å²) in [5, 5.41) is 1.12. The van der Waals surface area contributed by atoms with Crippen molar-refractivity contribution in [2.45, 2.75) is 26.4 Å². The van der Waals surface area contributed by atoms with Crippen LogP contribution in [0.5, 0.6) is 5.75 Å². The summed E-state index contributed by atoms with van der Waals surface area (Å²) in [5.41, 5.74) is 2.14. The molecule has 0 N–H and O–H groups in total. The lowest BCUT2D eigenvalue weighted by Crippen LogP contribution is -2.05. The minimum absolute atomic E-state index is 0.333. The summed E-state index contributed by atoms with van der Waals surface area (Å²) >= 11 is 0. The molecule has 1 unspecified atom stereocenters. The fourth-order valence-corrected chi connectivity index (χ4v) is 2.27. The van der Waals surface area contributed by atoms with Crippen molar-refractivity contribution in [3.63, 3.8) is 0 Å². The Balaban J connectivity index is 0.000000121. The summed E-state index contributed by atoms with van der Waals surface area (Å²) < 4.78 is 10.7. The maximum Gasteiger partial charge on any atom is 0.152 e. The van der Waals surface area contributed by atoms with E-state index in [9.17, 15) is 0 Å². The smallest absolute Gasteiger partial charge is 0.152 e. The molecule has 3 aromatic rings. The number of aromatic nitrogens is 2. The molecule has 0 spiro atoms. The van der Waals surface area contributed by atoms with Crippen molar-refractivity contribution in [1.82, 2.24) is 9.97 Å². The highest BCUT2D eigenvalue weighted by atomic mass is 16.5. The zero-order valence-corrected chi connectivity index (χ0v) is 11.5. The van der Waals surface area contributed by atoms with E-state index in [2.05, 4.69) is 16.9 Å². The molecular weight excluding hydrogens is 252 g/mol. The molecule has 1 atom stereocenters. The van der Waals surface area contributed by atoms with Crippen molar-refractivity contribution in [3.8, 4) is 5.75 Å². The van der Waals surface area contributed by atoms with Gasteiger partial charge in [-0.2, -0.15) is 0 Å². The molecule has 0 aliphatic carbocycles. The van der Waals surface area contributed by atoms with Gasteiger partial charge in [0.2, 0.25) is 0 Å². The number of hydrogen-bond acceptors (Lipinski definition) is 4. The molecule has 4 heteroatoms. The lowest BCUT2D eigenvalue weighted by Gasteiger charge is -2.00. The predicted octanol–water partition coefficient (Wildman–Crippen LogP) is 3.54. The first-order valence-corrected chi connectivity index (χ1v) is 6.62. The third-order valence-corrected chi connectivity index (χ3v) is 3.15. The first-order valence-electron chi connectivity index (χ1n) is 6.62. The van der Waals surface area contributed by atoms with Gasteiger partial charge in [-0.15, -0.1) is 0 Å². The molecule has 1 aliphatic heterocycles. The molecule has 0 aromatic carbocycles. The van der Waals surface area contributed by atoms with Gasteiger partial charge in [0.25, 0.3) is 0 Å². The molecule has 4 rings (SSSR count). The minimum atomic E-state index is 0.333. The number of rotatable bonds is 0. The highest BCUT2D eigenvalue weighted by molar-refractivity contribution is 5.76. The van der Waals surface area contributed by atoms with E-state index in [0.29, 0.717) is 6.10 Å². The molecule has 0 saturated carbocycles. The predicted molar refractivity (Wildman–Crippen MR) is 76.8 cm³/mol. The van der Waals surface area contributed by atoms with Crippen LogP contribution in [0.1, 0.15) is 18.2 Å². The van der Waals surface area contributed by atoms with E-state index in [-0.39, 0.29) is 0 Å². The number of nitrogens with zero attached hydrogens (tertiary/aromatic N) is 2. The van der Waals surface area contributed by atoms with Crippen molar-refractivity contribution in [1.29, 1.82) is 0 Å². The Morgan fingerprint density at radius 3 is 2.75 bits per heavy atom. The van der Waals surface area contributed by atoms with Gasteiger partial charge in [-0.1, -0.05) is 0 Å². The van der Waals surface area contributed by atoms with Crippen LogP contribution in [0.3, 0.4) is 0 Å². The number of furan rings is 1. The molecule has 102 valence electrons. The molecule has 3 aromatic heterocycles. The Morgan fingerprint density at radius 1 is 1.15 bits per heavy atom. The molecule has 20 heavy (non-hydrogen) atoms. The summed E-state index contributed by atoms with van der Waals surface area (Å²) in [6, 6.07) is 5.95. The normalized spacial score (nSPS) is 16.2. The van der Waals surface area contributed by atoms with Gasteiger partial charge in [0.15, 0.2) is 5.58 Å². The van der Waals surface area contributed by atoms with Gasteiger partial charge < -0.3 is 9.15 Å². The van der Waals surface area contributed by atoms with Gasteiger partial charge >= 0.3 is 0 Å². The molecule has 0 radical (unpaired) electrons. The molecule has 1 aliphatic rings. The summed E-state index contributed by atoms with van der Waals surface area (Å²) in [7, 11) is 0. The fourth-order valence-electron chi connectivity index (χ4n) is 2.27. The number of pyridine rings is 2. The Hall–Kier alpha value is -2.36. The quantitative estimate of drug-likeness (QED) is 0.625. The highest BCUT2D eigenvalue weighted by Crippen LogP contribution is 2.26. The second kappa shape index (κ2) is 5.33. The van der Waals surface area contributed by atoms with E-state index in [1.807, 2.05) is 25.1 Å². The largest absolute Gasteiger partial charge is 0.488 e. The van der Waals surface area contributed by atoms with Crippen molar-refractivity contribution < 1.29 is 9.15 Å². The average molecular weight is 268 g/mol. The monoisotopic (exact) mass is 268 g/mol. The number of aryl methyl sites for hydroxylation is 1. The second-order valence-electron chi connectivity index (χ2n) is 4.89. The van der Waals surface area contributed by atoms with Gasteiger partial charge in [-0.3, -0.25) is 9.97 Å². The third-order valence-electron chi connectivity index (χ3n) is 3.15. The lowest BCUT2D eigenvalue weighted by molar-refractivity contribution is 0.254. The van der Waals surface area contributed by atoms with Crippen LogP contribution in [-0.4, -0.2) is 16.1 Å². The van der Waals surface area contributed by atoms with Gasteiger partial charge in [-0.05, 0) is 32.0 Å². The maximum absolute atomic E-state index is 5.44. The van der Waals surface area contributed by atoms with E-state index in [1.165, 1.54) is 5.56 Å². The zero-order valence-electron chi connectivity index (χ0n) is 11.5. The molecule has 0 fully saturated rings. The van der Waals surface area contributed by atoms with Crippen molar-refractivity contribution >= 4 is 11.0 Å². The highest BCUT2D eigenvalue weighted by Gasteiger charge is 2.17. The lowest BCUT2D eigenvalue weighted by atomic mass is 10.2. The van der Waals surface area contributed by atoms with E-state index in [4.69, 9.17) is 9.15 Å². The van der Waals surface area contributed by atoms with E-state index in [1.54, 1.807) is 24.8 Å². The van der Waals surface area contributed by atoms with Gasteiger partial charge in [0.1, 0.15) is 17.6 Å². The number of hydrogen-bond donors (Lipinski definition) is 0. The fraction of sp³-hybridized carbons (Fsp3) is 0.250. The van der Waals surface area contributed by atoms with Crippen LogP contribution in [0.25, 0.3) is 11.0 Å². The van der Waals surface area contributed by atoms with Crippen LogP contribution in [0.2, 0.25) is 0 Å². The average Bonchev–Trinajstić information content (AvgIpc) is 2.99. The van der Waals surface area contributed by atoms with E-state index in [0.717, 1.165) is 28.9 Å². The van der Waals surface area contributed by atoms with Crippen LogP contribution in [0.15, 0.2) is 47.4 Å². The second-order valence-corrected chi connectivity index (χ2v) is 4.89. The van der Waals surface area contributed by atoms with Crippen LogP contribution in [0.4, 0.5) is 0 Å². The Labute approximate surface area is 117 Å². The first-order chi connectivity index (χ1) is 9.72. The number of fused-ring (bicyclic) bond motifs is 2. The maximum atomic E-state index is 5.44. The van der Waals surface area contributed by atoms with Gasteiger partial charge in [0, 0.05) is 29.8 Å². The topological polar surface area (TPSA) is 48.2 Å². The van der Waals surface area contributed by atoms with Crippen molar-refractivity contribution in [2.75, 3.05) is 0 Å². The van der Waals surface area contributed by atoms with Crippen LogP contribution < -0.4 is 4.74 Å². The van der Waals surface area contributed by atoms with Crippen LogP contribution in [0, 0.1) is 6.92 Å². The van der Waals surface area contributed by atoms with E-state index < -0.39 is 0 Å². The van der Waals surface area contributed by atoms with Crippen LogP contribution in [-0.2, 0) is 6.42 Å². The summed E-state index contributed by atoms with van der Waals surface area (Å²) in [5.74, 6) is 1.89. The summed E-state index contributed by atoms with van der Waals surface area (Å²) in [6.45, 7) is 4.00. The summed E-state index contributed by atoms with van der Waals surface area (Å²) in [4.78, 5) is 7.90. The standard InChI is InChI=1S/C8H9NO.C8H7NO/c2*1-6-4-7-2-3-9-5-8(7)10-6/h2-3,5-6H,4H2,1H3;2-5H,1H3. The SMILES string of the molecule is CC1Cc2ccncc2O1.Cc1cc2ccncc2o1. The van der Waals surface area contributed by atoms with E-state index >= 15 is 0 Å². The van der Waals surface area contributed by atoms with Crippen molar-refractivity contribution in [2.24, 2.45) is 0 Å². The molecule has 0 amide bonds. The Kier molecular flexibility index (Phi) is 3.37. The molecular formula is C16H16N2O2. The Bertz CT molecular complexity index is 663. The van der Waals surface area contributed by atoms with Crippen molar-refractivity contribution in [3.05, 3.63) is 54.3 Å². The zero-order chi connectivity index (χ0) is 13.9. The summed E-state index contributed by atoms with van der Waals surface area (Å²) in [6.07, 6.45) is 8.43. The van der Waals surface area contributed by atoms with Gasteiger partial charge in [0.05, 0.1) is 12.4 Å².